The highest BCUT2D eigenvalue weighted by Crippen LogP contribution is 2.18. The van der Waals surface area contributed by atoms with Crippen molar-refractivity contribution in [1.82, 2.24) is 24.9 Å². The maximum atomic E-state index is 12.3. The summed E-state index contributed by atoms with van der Waals surface area (Å²) in [5.74, 6) is 0.577. The predicted octanol–water partition coefficient (Wildman–Crippen LogP) is 2.72. The molecule has 0 bridgehead atoms. The van der Waals surface area contributed by atoms with Gasteiger partial charge in [-0.15, -0.1) is 10.2 Å². The molecular formula is C19H15N5O. The standard InChI is InChI=1S/C19H15N5O/c25-19(21-13-16-8-4-5-10-20-16)15-9-11-24-17(12-15)22-23-18(24)14-6-2-1-3-7-14/h1-12H,13H2,(H,21,25). The van der Waals surface area contributed by atoms with Gasteiger partial charge in [-0.25, -0.2) is 0 Å². The monoisotopic (exact) mass is 329 g/mol. The first-order valence-corrected chi connectivity index (χ1v) is 7.89. The van der Waals surface area contributed by atoms with Gasteiger partial charge >= 0.3 is 0 Å². The molecular weight excluding hydrogens is 314 g/mol. The lowest BCUT2D eigenvalue weighted by Gasteiger charge is -2.05. The van der Waals surface area contributed by atoms with Crippen LogP contribution < -0.4 is 5.32 Å². The first-order chi connectivity index (χ1) is 12.3. The topological polar surface area (TPSA) is 72.2 Å². The summed E-state index contributed by atoms with van der Waals surface area (Å²) in [6, 6.07) is 18.9. The Hall–Kier alpha value is -3.54. The molecule has 0 aliphatic carbocycles. The number of benzene rings is 1. The van der Waals surface area contributed by atoms with Crippen molar-refractivity contribution >= 4 is 11.6 Å². The van der Waals surface area contributed by atoms with Crippen LogP contribution in [0, 0.1) is 0 Å². The maximum Gasteiger partial charge on any atom is 0.251 e. The van der Waals surface area contributed by atoms with Gasteiger partial charge in [0.15, 0.2) is 11.5 Å². The second kappa shape index (κ2) is 6.52. The zero-order valence-electron chi connectivity index (χ0n) is 13.3. The number of carbonyl (C=O) groups excluding carboxylic acids is 1. The molecule has 0 aliphatic rings. The molecule has 25 heavy (non-hydrogen) atoms. The van der Waals surface area contributed by atoms with Crippen LogP contribution >= 0.6 is 0 Å². The van der Waals surface area contributed by atoms with Crippen molar-refractivity contribution in [3.63, 3.8) is 0 Å². The quantitative estimate of drug-likeness (QED) is 0.625. The third-order valence-corrected chi connectivity index (χ3v) is 3.86. The number of pyridine rings is 2. The van der Waals surface area contributed by atoms with Gasteiger partial charge in [0.2, 0.25) is 0 Å². The molecule has 0 spiro atoms. The van der Waals surface area contributed by atoms with Gasteiger partial charge in [-0.2, -0.15) is 0 Å². The van der Waals surface area contributed by atoms with E-state index in [1.54, 1.807) is 18.3 Å². The number of carbonyl (C=O) groups is 1. The van der Waals surface area contributed by atoms with Crippen molar-refractivity contribution < 1.29 is 4.79 Å². The predicted molar refractivity (Wildman–Crippen MR) is 93.8 cm³/mol. The van der Waals surface area contributed by atoms with Gasteiger partial charge in [0.1, 0.15) is 0 Å². The minimum atomic E-state index is -0.169. The van der Waals surface area contributed by atoms with Gasteiger partial charge in [-0.3, -0.25) is 14.2 Å². The van der Waals surface area contributed by atoms with E-state index in [0.29, 0.717) is 17.8 Å². The highest BCUT2D eigenvalue weighted by molar-refractivity contribution is 5.95. The fraction of sp³-hybridized carbons (Fsp3) is 0.0526. The van der Waals surface area contributed by atoms with Gasteiger partial charge in [-0.05, 0) is 24.3 Å². The number of hydrogen-bond donors (Lipinski definition) is 1. The summed E-state index contributed by atoms with van der Waals surface area (Å²) in [5.41, 5.74) is 2.95. The van der Waals surface area contributed by atoms with E-state index in [4.69, 9.17) is 0 Å². The first-order valence-electron chi connectivity index (χ1n) is 7.89. The van der Waals surface area contributed by atoms with E-state index in [1.165, 1.54) is 0 Å². The Bertz CT molecular complexity index is 1010. The molecule has 122 valence electrons. The van der Waals surface area contributed by atoms with Crippen LogP contribution in [0.1, 0.15) is 16.1 Å². The molecule has 6 nitrogen and oxygen atoms in total. The van der Waals surface area contributed by atoms with Crippen molar-refractivity contribution in [3.8, 4) is 11.4 Å². The molecule has 1 aromatic carbocycles. The summed E-state index contributed by atoms with van der Waals surface area (Å²) >= 11 is 0. The van der Waals surface area contributed by atoms with Crippen LogP contribution in [-0.4, -0.2) is 25.5 Å². The molecule has 0 saturated carbocycles. The van der Waals surface area contributed by atoms with Crippen molar-refractivity contribution in [3.05, 3.63) is 84.3 Å². The molecule has 3 heterocycles. The smallest absolute Gasteiger partial charge is 0.251 e. The Labute approximate surface area is 144 Å². The molecule has 3 aromatic heterocycles. The van der Waals surface area contributed by atoms with Gasteiger partial charge < -0.3 is 5.32 Å². The first kappa shape index (κ1) is 15.0. The largest absolute Gasteiger partial charge is 0.346 e. The van der Waals surface area contributed by atoms with Crippen molar-refractivity contribution in [1.29, 1.82) is 0 Å². The second-order valence-corrected chi connectivity index (χ2v) is 5.54. The van der Waals surface area contributed by atoms with Crippen LogP contribution in [0.5, 0.6) is 0 Å². The lowest BCUT2D eigenvalue weighted by molar-refractivity contribution is 0.0950. The lowest BCUT2D eigenvalue weighted by Crippen LogP contribution is -2.23. The summed E-state index contributed by atoms with van der Waals surface area (Å²) in [7, 11) is 0. The van der Waals surface area contributed by atoms with E-state index >= 15 is 0 Å². The lowest BCUT2D eigenvalue weighted by atomic mass is 10.2. The van der Waals surface area contributed by atoms with Crippen LogP contribution in [0.4, 0.5) is 0 Å². The van der Waals surface area contributed by atoms with E-state index < -0.39 is 0 Å². The molecule has 1 N–H and O–H groups in total. The average molecular weight is 329 g/mol. The molecule has 0 unspecified atom stereocenters. The molecule has 0 radical (unpaired) electrons. The van der Waals surface area contributed by atoms with Crippen LogP contribution in [0.3, 0.4) is 0 Å². The van der Waals surface area contributed by atoms with E-state index in [-0.39, 0.29) is 5.91 Å². The van der Waals surface area contributed by atoms with E-state index in [0.717, 1.165) is 17.1 Å². The summed E-state index contributed by atoms with van der Waals surface area (Å²) in [5, 5.41) is 11.3. The maximum absolute atomic E-state index is 12.3. The third-order valence-electron chi connectivity index (χ3n) is 3.86. The second-order valence-electron chi connectivity index (χ2n) is 5.54. The van der Waals surface area contributed by atoms with E-state index in [1.807, 2.05) is 59.1 Å². The van der Waals surface area contributed by atoms with Crippen LogP contribution in [0.15, 0.2) is 73.1 Å². The SMILES string of the molecule is O=C(NCc1ccccn1)c1ccn2c(-c3ccccc3)nnc2c1. The molecule has 1 amide bonds. The fourth-order valence-corrected chi connectivity index (χ4v) is 2.59. The number of amides is 1. The Morgan fingerprint density at radius 1 is 1.00 bits per heavy atom. The molecule has 0 saturated heterocycles. The highest BCUT2D eigenvalue weighted by atomic mass is 16.1. The Morgan fingerprint density at radius 2 is 1.84 bits per heavy atom. The Balaban J connectivity index is 1.56. The van der Waals surface area contributed by atoms with Crippen molar-refractivity contribution in [2.24, 2.45) is 0 Å². The molecule has 0 aliphatic heterocycles. The zero-order chi connectivity index (χ0) is 17.1. The number of nitrogens with one attached hydrogen (secondary N) is 1. The number of rotatable bonds is 4. The molecule has 0 fully saturated rings. The zero-order valence-corrected chi connectivity index (χ0v) is 13.3. The minimum Gasteiger partial charge on any atom is -0.346 e. The molecule has 4 aromatic rings. The van der Waals surface area contributed by atoms with Gasteiger partial charge in [-0.1, -0.05) is 36.4 Å². The summed E-state index contributed by atoms with van der Waals surface area (Å²) in [6.45, 7) is 0.382. The molecule has 0 atom stereocenters. The normalized spacial score (nSPS) is 10.7. The minimum absolute atomic E-state index is 0.169. The Morgan fingerprint density at radius 3 is 2.64 bits per heavy atom. The fourth-order valence-electron chi connectivity index (χ4n) is 2.59. The van der Waals surface area contributed by atoms with E-state index in [9.17, 15) is 4.79 Å². The van der Waals surface area contributed by atoms with Crippen LogP contribution in [0.2, 0.25) is 0 Å². The Kier molecular flexibility index (Phi) is 3.92. The molecule has 4 rings (SSSR count). The third kappa shape index (κ3) is 3.10. The average Bonchev–Trinajstić information content (AvgIpc) is 3.11. The van der Waals surface area contributed by atoms with E-state index in [2.05, 4.69) is 20.5 Å². The number of nitrogens with zero attached hydrogens (tertiary/aromatic N) is 4. The van der Waals surface area contributed by atoms with Gasteiger partial charge in [0.25, 0.3) is 5.91 Å². The van der Waals surface area contributed by atoms with Crippen molar-refractivity contribution in [2.45, 2.75) is 6.54 Å². The summed E-state index contributed by atoms with van der Waals surface area (Å²) < 4.78 is 1.87. The number of hydrogen-bond acceptors (Lipinski definition) is 4. The summed E-state index contributed by atoms with van der Waals surface area (Å²) in [6.07, 6.45) is 3.52. The van der Waals surface area contributed by atoms with Gasteiger partial charge in [0.05, 0.1) is 12.2 Å². The van der Waals surface area contributed by atoms with Crippen LogP contribution in [-0.2, 0) is 6.54 Å². The number of fused-ring (bicyclic) bond motifs is 1. The molecule has 6 heteroatoms. The van der Waals surface area contributed by atoms with Crippen molar-refractivity contribution in [2.75, 3.05) is 0 Å². The summed E-state index contributed by atoms with van der Waals surface area (Å²) in [4.78, 5) is 16.5. The highest BCUT2D eigenvalue weighted by Gasteiger charge is 2.11. The van der Waals surface area contributed by atoms with Gasteiger partial charge in [0, 0.05) is 23.5 Å². The number of aromatic nitrogens is 4. The van der Waals surface area contributed by atoms with Crippen LogP contribution in [0.25, 0.3) is 17.0 Å².